The van der Waals surface area contributed by atoms with E-state index in [1.165, 1.54) is 24.1 Å². The number of nitro benzene ring substituents is 1. The predicted octanol–water partition coefficient (Wildman–Crippen LogP) is 1.53. The van der Waals surface area contributed by atoms with Crippen LogP contribution in [0.5, 0.6) is 5.75 Å². The second-order valence-electron chi connectivity index (χ2n) is 4.15. The monoisotopic (exact) mass is 263 g/mol. The van der Waals surface area contributed by atoms with Gasteiger partial charge in [0.2, 0.25) is 5.75 Å². The molecule has 0 aliphatic heterocycles. The maximum absolute atomic E-state index is 12.0. The van der Waals surface area contributed by atoms with E-state index in [0.717, 1.165) is 6.07 Å². The van der Waals surface area contributed by atoms with Gasteiger partial charge in [0.05, 0.1) is 22.5 Å². The molecule has 19 heavy (non-hydrogen) atoms. The number of nitro groups is 1. The highest BCUT2D eigenvalue weighted by Gasteiger charge is 2.23. The van der Waals surface area contributed by atoms with Crippen LogP contribution in [0.3, 0.4) is 0 Å². The maximum atomic E-state index is 12.0. The number of hydrogen-bond acceptors (Lipinski definition) is 5. The van der Waals surface area contributed by atoms with Crippen molar-refractivity contribution in [2.45, 2.75) is 6.92 Å². The molecular formula is C12H13N3O4. The first kappa shape index (κ1) is 14.4. The van der Waals surface area contributed by atoms with Crippen molar-refractivity contribution < 1.29 is 14.8 Å². The summed E-state index contributed by atoms with van der Waals surface area (Å²) in [5.41, 5.74) is -0.672. The smallest absolute Gasteiger partial charge is 0.311 e. The Kier molecular flexibility index (Phi) is 4.42. The molecule has 0 aliphatic rings. The van der Waals surface area contributed by atoms with E-state index < -0.39 is 22.3 Å². The number of amides is 1. The third-order valence-electron chi connectivity index (χ3n) is 2.56. The molecule has 0 aliphatic carbocycles. The lowest BCUT2D eigenvalue weighted by Crippen LogP contribution is -2.30. The number of nitriles is 1. The Bertz CT molecular complexity index is 550. The summed E-state index contributed by atoms with van der Waals surface area (Å²) in [6.45, 7) is 1.83. The number of rotatable bonds is 4. The summed E-state index contributed by atoms with van der Waals surface area (Å²) in [4.78, 5) is 23.2. The van der Waals surface area contributed by atoms with Gasteiger partial charge in [-0.2, -0.15) is 5.26 Å². The summed E-state index contributed by atoms with van der Waals surface area (Å²) in [7, 11) is 1.47. The zero-order chi connectivity index (χ0) is 14.6. The molecule has 0 bridgehead atoms. The molecule has 100 valence electrons. The molecule has 1 aromatic carbocycles. The van der Waals surface area contributed by atoms with E-state index >= 15 is 0 Å². The van der Waals surface area contributed by atoms with Gasteiger partial charge in [0.15, 0.2) is 0 Å². The first-order chi connectivity index (χ1) is 8.88. The number of carbonyl (C=O) groups excluding carboxylic acids is 1. The third-order valence-corrected chi connectivity index (χ3v) is 2.56. The fourth-order valence-electron chi connectivity index (χ4n) is 1.59. The van der Waals surface area contributed by atoms with E-state index in [0.29, 0.717) is 0 Å². The number of nitrogens with zero attached hydrogens (tertiary/aromatic N) is 3. The Balaban J connectivity index is 3.04. The fourth-order valence-corrected chi connectivity index (χ4v) is 1.59. The van der Waals surface area contributed by atoms with Gasteiger partial charge in [0.1, 0.15) is 0 Å². The molecule has 1 aromatic rings. The zero-order valence-electron chi connectivity index (χ0n) is 10.5. The molecule has 0 heterocycles. The highest BCUT2D eigenvalue weighted by Crippen LogP contribution is 2.29. The van der Waals surface area contributed by atoms with Crippen LogP contribution in [0.2, 0.25) is 0 Å². The SMILES string of the molecule is CC(C#N)CN(C)C(=O)c1cccc([N+](=O)[O-])c1O. The molecule has 0 aromatic heterocycles. The fraction of sp³-hybridized carbons (Fsp3) is 0.333. The summed E-state index contributed by atoms with van der Waals surface area (Å²) in [6.07, 6.45) is 0. The van der Waals surface area contributed by atoms with Crippen molar-refractivity contribution in [2.24, 2.45) is 5.92 Å². The van der Waals surface area contributed by atoms with E-state index in [2.05, 4.69) is 0 Å². The van der Waals surface area contributed by atoms with E-state index in [-0.39, 0.29) is 18.0 Å². The lowest BCUT2D eigenvalue weighted by molar-refractivity contribution is -0.385. The molecule has 1 unspecified atom stereocenters. The van der Waals surface area contributed by atoms with Crippen molar-refractivity contribution in [1.29, 1.82) is 5.26 Å². The van der Waals surface area contributed by atoms with Gasteiger partial charge >= 0.3 is 5.69 Å². The highest BCUT2D eigenvalue weighted by atomic mass is 16.6. The number of phenolic OH excluding ortho intramolecular Hbond substituents is 1. The normalized spacial score (nSPS) is 11.4. The molecule has 0 fully saturated rings. The highest BCUT2D eigenvalue weighted by molar-refractivity contribution is 5.97. The number of hydrogen-bond donors (Lipinski definition) is 1. The van der Waals surface area contributed by atoms with Crippen molar-refractivity contribution >= 4 is 11.6 Å². The quantitative estimate of drug-likeness (QED) is 0.654. The third kappa shape index (κ3) is 3.19. The van der Waals surface area contributed by atoms with Crippen molar-refractivity contribution in [3.8, 4) is 11.8 Å². The van der Waals surface area contributed by atoms with Crippen LogP contribution in [0.25, 0.3) is 0 Å². The standard InChI is InChI=1S/C12H13N3O4/c1-8(6-13)7-14(2)12(17)9-4-3-5-10(11(9)16)15(18)19/h3-5,8,16H,7H2,1-2H3. The maximum Gasteiger partial charge on any atom is 0.311 e. The minimum absolute atomic E-state index is 0.151. The average molecular weight is 263 g/mol. The van der Waals surface area contributed by atoms with Gasteiger partial charge in [0.25, 0.3) is 5.91 Å². The molecule has 7 nitrogen and oxygen atoms in total. The first-order valence-corrected chi connectivity index (χ1v) is 5.50. The number of carbonyl (C=O) groups is 1. The Labute approximate surface area is 109 Å². The van der Waals surface area contributed by atoms with Gasteiger partial charge in [-0.15, -0.1) is 0 Å². The second-order valence-corrected chi connectivity index (χ2v) is 4.15. The number of phenols is 1. The Hall–Kier alpha value is -2.62. The van der Waals surface area contributed by atoms with E-state index in [1.807, 2.05) is 6.07 Å². The van der Waals surface area contributed by atoms with E-state index in [9.17, 15) is 20.0 Å². The number of benzene rings is 1. The predicted molar refractivity (Wildman–Crippen MR) is 66.5 cm³/mol. The van der Waals surface area contributed by atoms with Crippen molar-refractivity contribution in [1.82, 2.24) is 4.90 Å². The van der Waals surface area contributed by atoms with Gasteiger partial charge in [-0.05, 0) is 13.0 Å². The lowest BCUT2D eigenvalue weighted by Gasteiger charge is -2.18. The lowest BCUT2D eigenvalue weighted by atomic mass is 10.1. The van der Waals surface area contributed by atoms with Crippen LogP contribution in [-0.2, 0) is 0 Å². The van der Waals surface area contributed by atoms with Gasteiger partial charge in [-0.1, -0.05) is 6.07 Å². The molecule has 0 saturated heterocycles. The second kappa shape index (κ2) is 5.82. The van der Waals surface area contributed by atoms with Crippen LogP contribution < -0.4 is 0 Å². The molecule has 1 amide bonds. The van der Waals surface area contributed by atoms with Crippen LogP contribution in [0.15, 0.2) is 18.2 Å². The topological polar surface area (TPSA) is 107 Å². The Morgan fingerprint density at radius 2 is 2.26 bits per heavy atom. The number of para-hydroxylation sites is 1. The molecule has 1 N–H and O–H groups in total. The van der Waals surface area contributed by atoms with Crippen LogP contribution in [-0.4, -0.2) is 34.4 Å². The largest absolute Gasteiger partial charge is 0.502 e. The van der Waals surface area contributed by atoms with Crippen LogP contribution in [0.1, 0.15) is 17.3 Å². The summed E-state index contributed by atoms with van der Waals surface area (Å²) in [5, 5.41) is 29.1. The molecular weight excluding hydrogens is 250 g/mol. The molecule has 0 radical (unpaired) electrons. The van der Waals surface area contributed by atoms with Crippen LogP contribution in [0, 0.1) is 27.4 Å². The van der Waals surface area contributed by atoms with E-state index in [1.54, 1.807) is 6.92 Å². The van der Waals surface area contributed by atoms with Crippen LogP contribution in [0.4, 0.5) is 5.69 Å². The van der Waals surface area contributed by atoms with Gasteiger partial charge in [-0.3, -0.25) is 14.9 Å². The molecule has 1 rings (SSSR count). The van der Waals surface area contributed by atoms with Crippen LogP contribution >= 0.6 is 0 Å². The van der Waals surface area contributed by atoms with Gasteiger partial charge in [-0.25, -0.2) is 0 Å². The molecule has 7 heteroatoms. The summed E-state index contributed by atoms with van der Waals surface area (Å²) in [5.74, 6) is -1.59. The Morgan fingerprint density at radius 3 is 2.79 bits per heavy atom. The first-order valence-electron chi connectivity index (χ1n) is 5.50. The van der Waals surface area contributed by atoms with Crippen molar-refractivity contribution in [3.63, 3.8) is 0 Å². The van der Waals surface area contributed by atoms with Gasteiger partial charge in [0, 0.05) is 19.7 Å². The summed E-state index contributed by atoms with van der Waals surface area (Å²) >= 11 is 0. The molecule has 0 spiro atoms. The minimum atomic E-state index is -0.760. The van der Waals surface area contributed by atoms with Crippen molar-refractivity contribution in [3.05, 3.63) is 33.9 Å². The van der Waals surface area contributed by atoms with E-state index in [4.69, 9.17) is 5.26 Å². The number of aromatic hydroxyl groups is 1. The summed E-state index contributed by atoms with van der Waals surface area (Å²) < 4.78 is 0. The van der Waals surface area contributed by atoms with Crippen molar-refractivity contribution in [2.75, 3.05) is 13.6 Å². The summed E-state index contributed by atoms with van der Waals surface area (Å²) in [6, 6.07) is 5.73. The minimum Gasteiger partial charge on any atom is -0.502 e. The molecule has 0 saturated carbocycles. The Morgan fingerprint density at radius 1 is 1.63 bits per heavy atom. The average Bonchev–Trinajstić information content (AvgIpc) is 2.37. The molecule has 1 atom stereocenters. The van der Waals surface area contributed by atoms with Gasteiger partial charge < -0.3 is 10.0 Å². The zero-order valence-corrected chi connectivity index (χ0v) is 10.5.